The highest BCUT2D eigenvalue weighted by Crippen LogP contribution is 2.29. The smallest absolute Gasteiger partial charge is 0.410 e. The van der Waals surface area contributed by atoms with Crippen LogP contribution in [0.15, 0.2) is 18.2 Å². The lowest BCUT2D eigenvalue weighted by Crippen LogP contribution is -2.50. The summed E-state index contributed by atoms with van der Waals surface area (Å²) in [5.41, 5.74) is 0.586. The van der Waals surface area contributed by atoms with Crippen molar-refractivity contribution in [2.24, 2.45) is 0 Å². The molecule has 0 N–H and O–H groups in total. The van der Waals surface area contributed by atoms with Crippen LogP contribution in [0.3, 0.4) is 0 Å². The van der Waals surface area contributed by atoms with Crippen LogP contribution in [0.5, 0.6) is 5.75 Å². The van der Waals surface area contributed by atoms with Crippen molar-refractivity contribution in [1.82, 2.24) is 4.90 Å². The minimum absolute atomic E-state index is 0.249. The predicted octanol–water partition coefficient (Wildman–Crippen LogP) is 3.41. The number of amides is 1. The molecule has 122 valence electrons. The van der Waals surface area contributed by atoms with Gasteiger partial charge in [0.25, 0.3) is 0 Å². The lowest BCUT2D eigenvalue weighted by Gasteiger charge is -2.36. The molecule has 0 atom stereocenters. The first kappa shape index (κ1) is 16.7. The van der Waals surface area contributed by atoms with Crippen LogP contribution in [0.25, 0.3) is 0 Å². The number of rotatable bonds is 2. The Kier molecular flexibility index (Phi) is 5.06. The minimum atomic E-state index is -0.461. The molecule has 1 amide bonds. The lowest BCUT2D eigenvalue weighted by atomic mass is 10.2. The Morgan fingerprint density at radius 2 is 1.82 bits per heavy atom. The van der Waals surface area contributed by atoms with E-state index < -0.39 is 5.60 Å². The molecule has 6 heteroatoms. The van der Waals surface area contributed by atoms with E-state index in [0.717, 1.165) is 18.8 Å². The Bertz CT molecular complexity index is 535. The number of benzene rings is 1. The van der Waals surface area contributed by atoms with Crippen molar-refractivity contribution in [2.45, 2.75) is 26.4 Å². The summed E-state index contributed by atoms with van der Waals surface area (Å²) < 4.78 is 10.6. The van der Waals surface area contributed by atoms with Crippen molar-refractivity contribution in [3.05, 3.63) is 23.2 Å². The number of hydrogen-bond donors (Lipinski definition) is 0. The van der Waals surface area contributed by atoms with Crippen LogP contribution < -0.4 is 9.64 Å². The molecule has 0 unspecified atom stereocenters. The molecule has 1 aliphatic rings. The quantitative estimate of drug-likeness (QED) is 0.835. The molecule has 0 aliphatic carbocycles. The molecule has 0 spiro atoms. The maximum Gasteiger partial charge on any atom is 0.410 e. The highest BCUT2D eigenvalue weighted by molar-refractivity contribution is 6.32. The number of hydrogen-bond acceptors (Lipinski definition) is 4. The van der Waals surface area contributed by atoms with Gasteiger partial charge in [-0.05, 0) is 32.9 Å². The van der Waals surface area contributed by atoms with Gasteiger partial charge in [0.2, 0.25) is 0 Å². The van der Waals surface area contributed by atoms with Crippen molar-refractivity contribution < 1.29 is 14.3 Å². The zero-order valence-electron chi connectivity index (χ0n) is 13.6. The molecule has 1 saturated heterocycles. The van der Waals surface area contributed by atoms with Gasteiger partial charge in [0.15, 0.2) is 0 Å². The van der Waals surface area contributed by atoms with Gasteiger partial charge in [0.05, 0.1) is 12.1 Å². The number of methoxy groups -OCH3 is 1. The average molecular weight is 327 g/mol. The van der Waals surface area contributed by atoms with E-state index in [4.69, 9.17) is 21.1 Å². The van der Waals surface area contributed by atoms with Crippen LogP contribution in [0, 0.1) is 0 Å². The Labute approximate surface area is 136 Å². The monoisotopic (exact) mass is 326 g/mol. The first-order valence-corrected chi connectivity index (χ1v) is 7.74. The Balaban J connectivity index is 1.96. The molecule has 1 aliphatic heterocycles. The van der Waals surface area contributed by atoms with E-state index in [0.29, 0.717) is 23.9 Å². The SMILES string of the molecule is COc1cc(N2CCN(C(=O)OC(C)(C)C)CC2)ccc1Cl. The van der Waals surface area contributed by atoms with Crippen molar-refractivity contribution >= 4 is 23.4 Å². The highest BCUT2D eigenvalue weighted by Gasteiger charge is 2.26. The van der Waals surface area contributed by atoms with Gasteiger partial charge < -0.3 is 19.3 Å². The van der Waals surface area contributed by atoms with Gasteiger partial charge in [-0.15, -0.1) is 0 Å². The summed E-state index contributed by atoms with van der Waals surface area (Å²) in [4.78, 5) is 16.0. The number of carbonyl (C=O) groups is 1. The average Bonchev–Trinajstić information content (AvgIpc) is 2.46. The zero-order valence-corrected chi connectivity index (χ0v) is 14.3. The van der Waals surface area contributed by atoms with Gasteiger partial charge in [-0.1, -0.05) is 11.6 Å². The van der Waals surface area contributed by atoms with Crippen LogP contribution >= 0.6 is 11.6 Å². The van der Waals surface area contributed by atoms with Gasteiger partial charge in [-0.2, -0.15) is 0 Å². The third kappa shape index (κ3) is 4.19. The van der Waals surface area contributed by atoms with Gasteiger partial charge in [0.1, 0.15) is 11.4 Å². The van der Waals surface area contributed by atoms with Gasteiger partial charge in [0, 0.05) is 37.9 Å². The van der Waals surface area contributed by atoms with Crippen molar-refractivity contribution in [3.63, 3.8) is 0 Å². The molecule has 1 fully saturated rings. The van der Waals surface area contributed by atoms with Crippen molar-refractivity contribution in [1.29, 1.82) is 0 Å². The number of nitrogens with zero attached hydrogens (tertiary/aromatic N) is 2. The molecule has 2 rings (SSSR count). The Morgan fingerprint density at radius 1 is 1.18 bits per heavy atom. The van der Waals surface area contributed by atoms with E-state index in [1.807, 2.05) is 39.0 Å². The largest absolute Gasteiger partial charge is 0.495 e. The second-order valence-corrected chi connectivity index (χ2v) is 6.68. The maximum absolute atomic E-state index is 12.0. The third-order valence-corrected chi connectivity index (χ3v) is 3.74. The lowest BCUT2D eigenvalue weighted by molar-refractivity contribution is 0.0240. The third-order valence-electron chi connectivity index (χ3n) is 3.43. The van der Waals surface area contributed by atoms with Gasteiger partial charge in [-0.25, -0.2) is 4.79 Å². The number of carbonyl (C=O) groups excluding carboxylic acids is 1. The first-order valence-electron chi connectivity index (χ1n) is 7.36. The first-order chi connectivity index (χ1) is 10.3. The number of anilines is 1. The fraction of sp³-hybridized carbons (Fsp3) is 0.562. The molecule has 0 bridgehead atoms. The molecule has 1 aromatic rings. The summed E-state index contributed by atoms with van der Waals surface area (Å²) in [7, 11) is 1.60. The second-order valence-electron chi connectivity index (χ2n) is 6.27. The van der Waals surface area contributed by atoms with Crippen LogP contribution in [-0.4, -0.2) is 49.9 Å². The van der Waals surface area contributed by atoms with E-state index in [1.54, 1.807) is 12.0 Å². The van der Waals surface area contributed by atoms with Crippen LogP contribution in [0.2, 0.25) is 5.02 Å². The highest BCUT2D eigenvalue weighted by atomic mass is 35.5. The Hall–Kier alpha value is -1.62. The van der Waals surface area contributed by atoms with Crippen LogP contribution in [0.1, 0.15) is 20.8 Å². The summed E-state index contributed by atoms with van der Waals surface area (Å²) in [6, 6.07) is 5.72. The normalized spacial score (nSPS) is 15.7. The molecule has 1 heterocycles. The number of halogens is 1. The molecular formula is C16H23ClN2O3. The summed E-state index contributed by atoms with van der Waals surface area (Å²) in [5, 5.41) is 0.596. The van der Waals surface area contributed by atoms with Crippen molar-refractivity contribution in [3.8, 4) is 5.75 Å². The molecule has 0 radical (unpaired) electrons. The zero-order chi connectivity index (χ0) is 16.3. The molecule has 22 heavy (non-hydrogen) atoms. The van der Waals surface area contributed by atoms with E-state index in [2.05, 4.69) is 4.90 Å². The molecule has 0 saturated carbocycles. The summed E-state index contributed by atoms with van der Waals surface area (Å²) in [6.45, 7) is 8.41. The van der Waals surface area contributed by atoms with E-state index >= 15 is 0 Å². The van der Waals surface area contributed by atoms with E-state index in [1.165, 1.54) is 0 Å². The number of piperazine rings is 1. The molecule has 0 aromatic heterocycles. The standard InChI is InChI=1S/C16H23ClN2O3/c1-16(2,3)22-15(20)19-9-7-18(8-10-19)12-5-6-13(17)14(11-12)21-4/h5-6,11H,7-10H2,1-4H3. The number of ether oxygens (including phenoxy) is 2. The summed E-state index contributed by atoms with van der Waals surface area (Å²) in [6.07, 6.45) is -0.249. The minimum Gasteiger partial charge on any atom is -0.495 e. The summed E-state index contributed by atoms with van der Waals surface area (Å²) >= 11 is 6.05. The predicted molar refractivity (Wildman–Crippen MR) is 88.0 cm³/mol. The molecule has 5 nitrogen and oxygen atoms in total. The summed E-state index contributed by atoms with van der Waals surface area (Å²) in [5.74, 6) is 0.661. The second kappa shape index (κ2) is 6.65. The maximum atomic E-state index is 12.0. The van der Waals surface area contributed by atoms with E-state index in [-0.39, 0.29) is 6.09 Å². The van der Waals surface area contributed by atoms with Gasteiger partial charge in [-0.3, -0.25) is 0 Å². The molecular weight excluding hydrogens is 304 g/mol. The fourth-order valence-electron chi connectivity index (χ4n) is 2.32. The topological polar surface area (TPSA) is 42.0 Å². The van der Waals surface area contributed by atoms with Gasteiger partial charge >= 0.3 is 6.09 Å². The van der Waals surface area contributed by atoms with Crippen LogP contribution in [0.4, 0.5) is 10.5 Å². The Morgan fingerprint density at radius 3 is 2.36 bits per heavy atom. The van der Waals surface area contributed by atoms with Crippen molar-refractivity contribution in [2.75, 3.05) is 38.2 Å². The fourth-order valence-corrected chi connectivity index (χ4v) is 2.51. The van der Waals surface area contributed by atoms with E-state index in [9.17, 15) is 4.79 Å². The molecule has 1 aromatic carbocycles. The van der Waals surface area contributed by atoms with Crippen LogP contribution in [-0.2, 0) is 4.74 Å².